The van der Waals surface area contributed by atoms with Crippen molar-refractivity contribution in [3.63, 3.8) is 0 Å². The monoisotopic (exact) mass is 413 g/mol. The van der Waals surface area contributed by atoms with Crippen LogP contribution in [0.15, 0.2) is 67.1 Å². The molecule has 0 radical (unpaired) electrons. The first-order chi connectivity index (χ1) is 15.3. The Kier molecular flexibility index (Phi) is 5.50. The highest BCUT2D eigenvalue weighted by Crippen LogP contribution is 2.22. The standard InChI is InChI=1S/C24H27N7/c1-17(18-6-3-2-4-7-18)29-24-26-13-11-23(30-24)31-16-28-21-14-19(9-10-22(21)31)27-15-20-8-5-12-25-20/h2-4,6-7,9-11,13-14,16-17,20,25,27H,5,8,12,15H2,1H3,(H,26,29,30)/t17-,20-/m0/s1. The van der Waals surface area contributed by atoms with Crippen LogP contribution in [-0.4, -0.2) is 38.7 Å². The molecule has 0 amide bonds. The van der Waals surface area contributed by atoms with Crippen molar-refractivity contribution in [2.45, 2.75) is 31.8 Å². The van der Waals surface area contributed by atoms with Crippen LogP contribution in [0.5, 0.6) is 0 Å². The number of nitrogens with one attached hydrogen (secondary N) is 3. The predicted octanol–water partition coefficient (Wildman–Crippen LogP) is 4.15. The smallest absolute Gasteiger partial charge is 0.225 e. The van der Waals surface area contributed by atoms with Gasteiger partial charge in [-0.2, -0.15) is 4.98 Å². The molecule has 0 bridgehead atoms. The highest BCUT2D eigenvalue weighted by Gasteiger charge is 2.14. The number of nitrogens with zero attached hydrogens (tertiary/aromatic N) is 4. The molecule has 5 rings (SSSR count). The van der Waals surface area contributed by atoms with E-state index in [-0.39, 0.29) is 6.04 Å². The molecular formula is C24H27N7. The molecule has 4 aromatic rings. The fourth-order valence-electron chi connectivity index (χ4n) is 4.05. The Hall–Kier alpha value is -3.45. The number of anilines is 2. The molecule has 7 nitrogen and oxygen atoms in total. The van der Waals surface area contributed by atoms with Crippen LogP contribution in [0.4, 0.5) is 11.6 Å². The third kappa shape index (κ3) is 4.36. The van der Waals surface area contributed by atoms with E-state index in [2.05, 4.69) is 63.2 Å². The molecule has 0 aliphatic carbocycles. The zero-order chi connectivity index (χ0) is 21.0. The second kappa shape index (κ2) is 8.73. The molecule has 1 saturated heterocycles. The highest BCUT2D eigenvalue weighted by atomic mass is 15.2. The van der Waals surface area contributed by atoms with E-state index in [9.17, 15) is 0 Å². The van der Waals surface area contributed by atoms with E-state index >= 15 is 0 Å². The number of hydrogen-bond donors (Lipinski definition) is 3. The number of aromatic nitrogens is 4. The fraction of sp³-hybridized carbons (Fsp3) is 0.292. The van der Waals surface area contributed by atoms with Gasteiger partial charge in [-0.15, -0.1) is 0 Å². The first-order valence-corrected chi connectivity index (χ1v) is 10.9. The second-order valence-corrected chi connectivity index (χ2v) is 8.01. The summed E-state index contributed by atoms with van der Waals surface area (Å²) in [4.78, 5) is 13.7. The molecular weight excluding hydrogens is 386 g/mol. The van der Waals surface area contributed by atoms with Crippen molar-refractivity contribution >= 4 is 22.7 Å². The van der Waals surface area contributed by atoms with E-state index in [1.165, 1.54) is 18.4 Å². The number of rotatable bonds is 7. The maximum Gasteiger partial charge on any atom is 0.225 e. The average Bonchev–Trinajstić information content (AvgIpc) is 3.48. The zero-order valence-corrected chi connectivity index (χ0v) is 17.6. The van der Waals surface area contributed by atoms with Gasteiger partial charge in [0.25, 0.3) is 0 Å². The lowest BCUT2D eigenvalue weighted by molar-refractivity contribution is 0.633. The SMILES string of the molecule is C[C@H](Nc1nccc(-n2cnc3cc(NC[C@@H]4CCCN4)ccc32)n1)c1ccccc1. The van der Waals surface area contributed by atoms with Crippen molar-refractivity contribution < 1.29 is 0 Å². The molecule has 1 fully saturated rings. The molecule has 1 aliphatic heterocycles. The van der Waals surface area contributed by atoms with Gasteiger partial charge in [0.15, 0.2) is 0 Å². The molecule has 3 N–H and O–H groups in total. The van der Waals surface area contributed by atoms with E-state index in [1.807, 2.05) is 35.2 Å². The molecule has 7 heteroatoms. The number of imidazole rings is 1. The lowest BCUT2D eigenvalue weighted by Gasteiger charge is -2.15. The lowest BCUT2D eigenvalue weighted by atomic mass is 10.1. The van der Waals surface area contributed by atoms with Crippen LogP contribution < -0.4 is 16.0 Å². The highest BCUT2D eigenvalue weighted by molar-refractivity contribution is 5.81. The van der Waals surface area contributed by atoms with E-state index < -0.39 is 0 Å². The van der Waals surface area contributed by atoms with Gasteiger partial charge in [-0.05, 0) is 56.1 Å². The Labute approximate surface area is 182 Å². The molecule has 2 aromatic heterocycles. The van der Waals surface area contributed by atoms with E-state index in [4.69, 9.17) is 4.98 Å². The number of benzene rings is 2. The quantitative estimate of drug-likeness (QED) is 0.422. The molecule has 1 aliphatic rings. The van der Waals surface area contributed by atoms with Gasteiger partial charge in [0.1, 0.15) is 12.1 Å². The minimum absolute atomic E-state index is 0.110. The fourth-order valence-corrected chi connectivity index (χ4v) is 4.05. The van der Waals surface area contributed by atoms with Crippen molar-refractivity contribution in [3.05, 3.63) is 72.7 Å². The van der Waals surface area contributed by atoms with Crippen LogP contribution >= 0.6 is 0 Å². The summed E-state index contributed by atoms with van der Waals surface area (Å²) < 4.78 is 2.00. The minimum atomic E-state index is 0.110. The molecule has 2 aromatic carbocycles. The summed E-state index contributed by atoms with van der Waals surface area (Å²) in [5.41, 5.74) is 4.24. The summed E-state index contributed by atoms with van der Waals surface area (Å²) in [6, 6.07) is 19.1. The Morgan fingerprint density at radius 2 is 2.03 bits per heavy atom. The molecule has 0 saturated carbocycles. The van der Waals surface area contributed by atoms with Gasteiger partial charge < -0.3 is 16.0 Å². The van der Waals surface area contributed by atoms with Crippen molar-refractivity contribution in [3.8, 4) is 5.82 Å². The van der Waals surface area contributed by atoms with Crippen LogP contribution in [0.2, 0.25) is 0 Å². The zero-order valence-electron chi connectivity index (χ0n) is 17.6. The van der Waals surface area contributed by atoms with E-state index in [0.717, 1.165) is 35.6 Å². The van der Waals surface area contributed by atoms with Gasteiger partial charge in [-0.25, -0.2) is 9.97 Å². The average molecular weight is 414 g/mol. The molecule has 0 spiro atoms. The van der Waals surface area contributed by atoms with Crippen LogP contribution in [0.1, 0.15) is 31.4 Å². The summed E-state index contributed by atoms with van der Waals surface area (Å²) >= 11 is 0. The summed E-state index contributed by atoms with van der Waals surface area (Å²) in [7, 11) is 0. The van der Waals surface area contributed by atoms with Gasteiger partial charge in [0.05, 0.1) is 17.1 Å². The van der Waals surface area contributed by atoms with Crippen LogP contribution in [-0.2, 0) is 0 Å². The van der Waals surface area contributed by atoms with Crippen molar-refractivity contribution in [2.24, 2.45) is 0 Å². The molecule has 158 valence electrons. The van der Waals surface area contributed by atoms with Crippen LogP contribution in [0.3, 0.4) is 0 Å². The molecule has 0 unspecified atom stereocenters. The Bertz CT molecular complexity index is 1150. The van der Waals surface area contributed by atoms with Gasteiger partial charge in [-0.1, -0.05) is 30.3 Å². The Balaban J connectivity index is 1.33. The third-order valence-electron chi connectivity index (χ3n) is 5.80. The molecule has 2 atom stereocenters. The third-order valence-corrected chi connectivity index (χ3v) is 5.80. The van der Waals surface area contributed by atoms with Crippen LogP contribution in [0, 0.1) is 0 Å². The van der Waals surface area contributed by atoms with Gasteiger partial charge in [-0.3, -0.25) is 4.57 Å². The summed E-state index contributed by atoms with van der Waals surface area (Å²) in [5.74, 6) is 1.38. The first kappa shape index (κ1) is 19.5. The van der Waals surface area contributed by atoms with Gasteiger partial charge in [0.2, 0.25) is 5.95 Å². The number of hydrogen-bond acceptors (Lipinski definition) is 6. The summed E-state index contributed by atoms with van der Waals surface area (Å²) in [5, 5.41) is 10.4. The molecule has 31 heavy (non-hydrogen) atoms. The van der Waals surface area contributed by atoms with Crippen molar-refractivity contribution in [2.75, 3.05) is 23.7 Å². The predicted molar refractivity (Wildman–Crippen MR) is 125 cm³/mol. The van der Waals surface area contributed by atoms with Crippen molar-refractivity contribution in [1.29, 1.82) is 0 Å². The summed E-state index contributed by atoms with van der Waals surface area (Å²) in [6.45, 7) is 4.16. The Morgan fingerprint density at radius 3 is 2.87 bits per heavy atom. The second-order valence-electron chi connectivity index (χ2n) is 8.01. The normalized spacial score (nSPS) is 17.0. The molecule has 3 heterocycles. The Morgan fingerprint density at radius 1 is 1.13 bits per heavy atom. The van der Waals surface area contributed by atoms with E-state index in [1.54, 1.807) is 6.20 Å². The summed E-state index contributed by atoms with van der Waals surface area (Å²) in [6.07, 6.45) is 6.09. The first-order valence-electron chi connectivity index (χ1n) is 10.9. The van der Waals surface area contributed by atoms with Crippen LogP contribution in [0.25, 0.3) is 16.9 Å². The largest absolute Gasteiger partial charge is 0.383 e. The minimum Gasteiger partial charge on any atom is -0.383 e. The van der Waals surface area contributed by atoms with Crippen molar-refractivity contribution in [1.82, 2.24) is 24.8 Å². The van der Waals surface area contributed by atoms with E-state index in [0.29, 0.717) is 12.0 Å². The topological polar surface area (TPSA) is 79.7 Å². The maximum absolute atomic E-state index is 4.72. The van der Waals surface area contributed by atoms with Gasteiger partial charge in [0, 0.05) is 24.5 Å². The maximum atomic E-state index is 4.72. The number of fused-ring (bicyclic) bond motifs is 1. The van der Waals surface area contributed by atoms with Gasteiger partial charge >= 0.3 is 0 Å². The lowest BCUT2D eigenvalue weighted by Crippen LogP contribution is -2.29.